The number of hydrogen-bond acceptors (Lipinski definition) is 3. The third-order valence-corrected chi connectivity index (χ3v) is 1.83. The van der Waals surface area contributed by atoms with Crippen molar-refractivity contribution >= 4 is 5.97 Å². The minimum absolute atomic E-state index is 0.425. The van der Waals surface area contributed by atoms with Crippen molar-refractivity contribution in [3.8, 4) is 0 Å². The predicted molar refractivity (Wildman–Crippen MR) is 42.1 cm³/mol. The van der Waals surface area contributed by atoms with Crippen molar-refractivity contribution in [1.82, 2.24) is 0 Å². The summed E-state index contributed by atoms with van der Waals surface area (Å²) in [5.41, 5.74) is 0. The van der Waals surface area contributed by atoms with Gasteiger partial charge in [-0.25, -0.2) is 9.18 Å². The van der Waals surface area contributed by atoms with Crippen molar-refractivity contribution in [2.24, 2.45) is 0 Å². The number of carbonyl (C=O) groups is 1. The molecule has 1 aliphatic rings. The van der Waals surface area contributed by atoms with Crippen LogP contribution in [0, 0.1) is 0 Å². The molecule has 0 aromatic heterocycles. The molecule has 13 heavy (non-hydrogen) atoms. The zero-order valence-electron chi connectivity index (χ0n) is 7.24. The van der Waals surface area contributed by atoms with Gasteiger partial charge < -0.3 is 14.6 Å². The minimum Gasteiger partial charge on any atom is -0.479 e. The minimum atomic E-state index is -1.95. The van der Waals surface area contributed by atoms with Crippen molar-refractivity contribution in [3.63, 3.8) is 0 Å². The normalized spacial score (nSPS) is 25.5. The van der Waals surface area contributed by atoms with Gasteiger partial charge in [0.1, 0.15) is 0 Å². The van der Waals surface area contributed by atoms with Crippen LogP contribution in [0.2, 0.25) is 0 Å². The third-order valence-electron chi connectivity index (χ3n) is 1.83. The van der Waals surface area contributed by atoms with E-state index in [4.69, 9.17) is 14.6 Å². The van der Waals surface area contributed by atoms with Crippen LogP contribution in [0.3, 0.4) is 0 Å². The molecule has 1 rings (SSSR count). The lowest BCUT2D eigenvalue weighted by Crippen LogP contribution is -2.28. The Morgan fingerprint density at radius 1 is 1.69 bits per heavy atom. The molecule has 5 heteroatoms. The van der Waals surface area contributed by atoms with E-state index in [1.807, 2.05) is 0 Å². The van der Waals surface area contributed by atoms with E-state index in [0.29, 0.717) is 13.0 Å². The lowest BCUT2D eigenvalue weighted by molar-refractivity contribution is -0.177. The zero-order valence-corrected chi connectivity index (χ0v) is 7.24. The summed E-state index contributed by atoms with van der Waals surface area (Å²) in [6.45, 7) is 0.175. The number of halogens is 1. The largest absolute Gasteiger partial charge is 0.479 e. The highest BCUT2D eigenvalue weighted by Gasteiger charge is 2.20. The average Bonchev–Trinajstić information content (AvgIpc) is 2.15. The van der Waals surface area contributed by atoms with E-state index < -0.39 is 25.0 Å². The van der Waals surface area contributed by atoms with Gasteiger partial charge in [-0.1, -0.05) is 0 Å². The predicted octanol–water partition coefficient (Wildman–Crippen LogP) is 0.952. The van der Waals surface area contributed by atoms with Gasteiger partial charge in [0.25, 0.3) is 0 Å². The Hall–Kier alpha value is -0.680. The second-order valence-electron chi connectivity index (χ2n) is 2.94. The molecule has 0 aromatic rings. The van der Waals surface area contributed by atoms with Gasteiger partial charge in [-0.05, 0) is 19.3 Å². The van der Waals surface area contributed by atoms with Crippen LogP contribution in [0.4, 0.5) is 4.39 Å². The molecule has 0 radical (unpaired) electrons. The number of alkyl halides is 1. The standard InChI is InChI=1S/C8H13FO4/c9-6(8(10)11)5-13-7-3-1-2-4-12-7/h6-7H,1-5H2,(H,10,11). The summed E-state index contributed by atoms with van der Waals surface area (Å²) in [6, 6.07) is 0. The second kappa shape index (κ2) is 5.14. The summed E-state index contributed by atoms with van der Waals surface area (Å²) in [7, 11) is 0. The SMILES string of the molecule is O=C(O)C(F)COC1CCCCO1. The van der Waals surface area contributed by atoms with Crippen LogP contribution in [0.25, 0.3) is 0 Å². The maximum atomic E-state index is 12.5. The quantitative estimate of drug-likeness (QED) is 0.720. The molecule has 76 valence electrons. The summed E-state index contributed by atoms with van der Waals surface area (Å²) in [4.78, 5) is 10.1. The first-order valence-corrected chi connectivity index (χ1v) is 4.30. The fourth-order valence-corrected chi connectivity index (χ4v) is 1.11. The first-order valence-electron chi connectivity index (χ1n) is 4.30. The summed E-state index contributed by atoms with van der Waals surface area (Å²) < 4.78 is 22.6. The molecule has 1 fully saturated rings. The number of ether oxygens (including phenoxy) is 2. The van der Waals surface area contributed by atoms with Crippen molar-refractivity contribution in [2.75, 3.05) is 13.2 Å². The molecule has 0 aromatic carbocycles. The molecule has 0 spiro atoms. The smallest absolute Gasteiger partial charge is 0.340 e. The summed E-state index contributed by atoms with van der Waals surface area (Å²) in [6.07, 6.45) is 0.302. The molecule has 0 amide bonds. The monoisotopic (exact) mass is 192 g/mol. The molecule has 2 unspecified atom stereocenters. The molecule has 1 aliphatic heterocycles. The van der Waals surface area contributed by atoms with Gasteiger partial charge in [-0.15, -0.1) is 0 Å². The third kappa shape index (κ3) is 3.69. The number of hydrogen-bond donors (Lipinski definition) is 1. The van der Waals surface area contributed by atoms with Gasteiger partial charge >= 0.3 is 5.97 Å². The molecule has 1 N–H and O–H groups in total. The number of carboxylic acid groups (broad SMARTS) is 1. The molecule has 1 saturated heterocycles. The van der Waals surface area contributed by atoms with Crippen LogP contribution in [0.1, 0.15) is 19.3 Å². The number of rotatable bonds is 4. The Morgan fingerprint density at radius 2 is 2.46 bits per heavy atom. The summed E-state index contributed by atoms with van der Waals surface area (Å²) in [5.74, 6) is -1.49. The van der Waals surface area contributed by atoms with Crippen LogP contribution in [0.5, 0.6) is 0 Å². The Kier molecular flexibility index (Phi) is 4.11. The van der Waals surface area contributed by atoms with E-state index in [-0.39, 0.29) is 0 Å². The first kappa shape index (κ1) is 10.4. The van der Waals surface area contributed by atoms with Crippen molar-refractivity contribution in [1.29, 1.82) is 0 Å². The van der Waals surface area contributed by atoms with Crippen LogP contribution >= 0.6 is 0 Å². The molecule has 0 aliphatic carbocycles. The molecule has 2 atom stereocenters. The second-order valence-corrected chi connectivity index (χ2v) is 2.94. The summed E-state index contributed by atoms with van der Waals surface area (Å²) >= 11 is 0. The van der Waals surface area contributed by atoms with Crippen LogP contribution in [0.15, 0.2) is 0 Å². The molecule has 4 nitrogen and oxygen atoms in total. The van der Waals surface area contributed by atoms with Gasteiger partial charge in [-0.3, -0.25) is 0 Å². The fraction of sp³-hybridized carbons (Fsp3) is 0.875. The molecule has 0 saturated carbocycles. The lowest BCUT2D eigenvalue weighted by atomic mass is 10.2. The highest BCUT2D eigenvalue weighted by Crippen LogP contribution is 2.14. The lowest BCUT2D eigenvalue weighted by Gasteiger charge is -2.22. The Morgan fingerprint density at radius 3 is 3.00 bits per heavy atom. The summed E-state index contributed by atoms with van der Waals surface area (Å²) in [5, 5.41) is 8.22. The maximum Gasteiger partial charge on any atom is 0.340 e. The molecular weight excluding hydrogens is 179 g/mol. The van der Waals surface area contributed by atoms with Crippen LogP contribution in [-0.2, 0) is 14.3 Å². The van der Waals surface area contributed by atoms with Gasteiger partial charge in [0, 0.05) is 6.61 Å². The van der Waals surface area contributed by atoms with Gasteiger partial charge in [0.2, 0.25) is 6.17 Å². The van der Waals surface area contributed by atoms with Gasteiger partial charge in [-0.2, -0.15) is 0 Å². The van der Waals surface area contributed by atoms with E-state index in [1.165, 1.54) is 0 Å². The van der Waals surface area contributed by atoms with Gasteiger partial charge in [0.05, 0.1) is 6.61 Å². The Balaban J connectivity index is 2.13. The van der Waals surface area contributed by atoms with Crippen molar-refractivity contribution in [3.05, 3.63) is 0 Å². The highest BCUT2D eigenvalue weighted by atomic mass is 19.1. The molecule has 1 heterocycles. The Labute approximate surface area is 75.6 Å². The van der Waals surface area contributed by atoms with Crippen LogP contribution in [-0.4, -0.2) is 36.8 Å². The van der Waals surface area contributed by atoms with Crippen LogP contribution < -0.4 is 0 Å². The van der Waals surface area contributed by atoms with E-state index in [0.717, 1.165) is 12.8 Å². The van der Waals surface area contributed by atoms with E-state index >= 15 is 0 Å². The average molecular weight is 192 g/mol. The topological polar surface area (TPSA) is 55.8 Å². The zero-order chi connectivity index (χ0) is 9.68. The Bertz CT molecular complexity index is 168. The van der Waals surface area contributed by atoms with Crippen molar-refractivity contribution < 1.29 is 23.8 Å². The van der Waals surface area contributed by atoms with Crippen molar-refractivity contribution in [2.45, 2.75) is 31.7 Å². The number of aliphatic carboxylic acids is 1. The molecule has 0 bridgehead atoms. The highest BCUT2D eigenvalue weighted by molar-refractivity contribution is 5.72. The van der Waals surface area contributed by atoms with E-state index in [2.05, 4.69) is 0 Å². The first-order chi connectivity index (χ1) is 6.20. The van der Waals surface area contributed by atoms with E-state index in [9.17, 15) is 9.18 Å². The maximum absolute atomic E-state index is 12.5. The number of carboxylic acids is 1. The fourth-order valence-electron chi connectivity index (χ4n) is 1.11. The molecular formula is C8H13FO4. The van der Waals surface area contributed by atoms with Gasteiger partial charge in [0.15, 0.2) is 6.29 Å². The van der Waals surface area contributed by atoms with E-state index in [1.54, 1.807) is 0 Å².